The van der Waals surface area contributed by atoms with Gasteiger partial charge in [-0.1, -0.05) is 90.6 Å². The topological polar surface area (TPSA) is 27.0 Å². The van der Waals surface area contributed by atoms with Crippen LogP contribution in [0.5, 0.6) is 0 Å². The van der Waals surface area contributed by atoms with Gasteiger partial charge in [0.2, 0.25) is 0 Å². The molecule has 0 aliphatic carbocycles. The predicted octanol–water partition coefficient (Wildman–Crippen LogP) is 8.03. The average Bonchev–Trinajstić information content (AvgIpc) is 3.06. The SMILES string of the molecule is [2H]c1c([2H])c([2H])c(-c2cc(-c3c([2H])c([2H])c([2H])c([2H])c3[2H])c([N]Sc3ccncc3)c(-c3c([2H])c([2H])c([2H])c([2H])c3[2H])c2)c([2H])c1[2H]. The molecule has 1 aromatic heterocycles. The standard InChI is InChI=1S/C29H21N2S/c1-4-10-22(11-5-1)25-20-27(23-12-6-2-7-13-23)29(31-32-26-16-18-30-19-17-26)28(21-25)24-14-8-3-9-15-24/h1-21H/i1D,2D,3D,4D,5D,6D,7D,8D,9D,10D,11D,12D,13D,14D,15D. The van der Waals surface area contributed by atoms with Crippen molar-refractivity contribution in [3.63, 3.8) is 0 Å². The molecule has 0 unspecified atom stereocenters. The third-order valence-corrected chi connectivity index (χ3v) is 5.09. The Bertz CT molecular complexity index is 1930. The van der Waals surface area contributed by atoms with Crippen LogP contribution in [0.4, 0.5) is 5.69 Å². The van der Waals surface area contributed by atoms with E-state index in [0.29, 0.717) is 4.90 Å². The van der Waals surface area contributed by atoms with Crippen molar-refractivity contribution in [3.05, 3.63) is 127 Å². The molecule has 5 rings (SSSR count). The average molecular weight is 445 g/mol. The number of rotatable bonds is 6. The van der Waals surface area contributed by atoms with Crippen molar-refractivity contribution in [2.24, 2.45) is 0 Å². The van der Waals surface area contributed by atoms with E-state index in [1.165, 1.54) is 24.5 Å². The van der Waals surface area contributed by atoms with Gasteiger partial charge in [-0.15, -0.1) is 0 Å². The van der Waals surface area contributed by atoms with Gasteiger partial charge in [0.1, 0.15) is 0 Å². The Labute approximate surface area is 214 Å². The first-order valence-electron chi connectivity index (χ1n) is 16.8. The molecule has 1 heterocycles. The van der Waals surface area contributed by atoms with E-state index in [9.17, 15) is 0 Å². The maximum Gasteiger partial charge on any atom is 0.0874 e. The lowest BCUT2D eigenvalue weighted by molar-refractivity contribution is 1.25. The molecule has 5 aromatic rings. The van der Waals surface area contributed by atoms with E-state index in [2.05, 4.69) is 9.71 Å². The van der Waals surface area contributed by atoms with Gasteiger partial charge in [0.15, 0.2) is 0 Å². The summed E-state index contributed by atoms with van der Waals surface area (Å²) in [4.78, 5) is 4.51. The van der Waals surface area contributed by atoms with Gasteiger partial charge in [-0.3, -0.25) is 4.98 Å². The van der Waals surface area contributed by atoms with Gasteiger partial charge >= 0.3 is 0 Å². The minimum absolute atomic E-state index is 0.113. The largest absolute Gasteiger partial charge is 0.265 e. The molecule has 0 saturated heterocycles. The highest BCUT2D eigenvalue weighted by molar-refractivity contribution is 7.97. The third kappa shape index (κ3) is 4.43. The third-order valence-electron chi connectivity index (χ3n) is 4.33. The van der Waals surface area contributed by atoms with E-state index in [1.54, 1.807) is 12.1 Å². The molecule has 0 aliphatic heterocycles. The Balaban J connectivity index is 2.02. The van der Waals surface area contributed by atoms with Crippen LogP contribution in [0.2, 0.25) is 0 Å². The minimum atomic E-state index is -0.689. The first-order chi connectivity index (χ1) is 22.1. The molecule has 153 valence electrons. The Morgan fingerprint density at radius 1 is 0.594 bits per heavy atom. The second-order valence-corrected chi connectivity index (χ2v) is 7.12. The van der Waals surface area contributed by atoms with E-state index >= 15 is 0 Å². The van der Waals surface area contributed by atoms with Crippen molar-refractivity contribution >= 4 is 17.6 Å². The molecule has 3 heteroatoms. The smallest absolute Gasteiger partial charge is 0.0874 e. The zero-order valence-corrected chi connectivity index (χ0v) is 17.1. The molecule has 0 aliphatic rings. The normalized spacial score (nSPS) is 17.2. The lowest BCUT2D eigenvalue weighted by Gasteiger charge is -2.17. The quantitative estimate of drug-likeness (QED) is 0.248. The highest BCUT2D eigenvalue weighted by atomic mass is 32.2. The monoisotopic (exact) mass is 444 g/mol. The van der Waals surface area contributed by atoms with Crippen LogP contribution >= 0.6 is 11.9 Å². The molecule has 0 amide bonds. The van der Waals surface area contributed by atoms with Crippen LogP contribution in [0, 0.1) is 0 Å². The Morgan fingerprint density at radius 2 is 1.06 bits per heavy atom. The molecule has 1 radical (unpaired) electrons. The predicted molar refractivity (Wildman–Crippen MR) is 135 cm³/mol. The number of aromatic nitrogens is 1. The highest BCUT2D eigenvalue weighted by Gasteiger charge is 2.17. The zero-order valence-electron chi connectivity index (χ0n) is 31.3. The summed E-state index contributed by atoms with van der Waals surface area (Å²) in [5.74, 6) is 0. The molecule has 0 bridgehead atoms. The molecule has 32 heavy (non-hydrogen) atoms. The lowest BCUT2D eigenvalue weighted by atomic mass is 9.91. The summed E-state index contributed by atoms with van der Waals surface area (Å²) in [6.45, 7) is 0. The van der Waals surface area contributed by atoms with Crippen molar-refractivity contribution in [1.82, 2.24) is 9.71 Å². The Hall–Kier alpha value is -3.82. The second kappa shape index (κ2) is 9.54. The molecule has 4 aromatic carbocycles. The summed E-state index contributed by atoms with van der Waals surface area (Å²) in [5.41, 5.74) is -1.67. The summed E-state index contributed by atoms with van der Waals surface area (Å²) in [6.07, 6.45) is 2.98. The maximum absolute atomic E-state index is 8.73. The van der Waals surface area contributed by atoms with Gasteiger partial charge in [-0.2, -0.15) is 0 Å². The fourth-order valence-electron chi connectivity index (χ4n) is 2.92. The van der Waals surface area contributed by atoms with Crippen LogP contribution in [-0.4, -0.2) is 4.98 Å². The highest BCUT2D eigenvalue weighted by Crippen LogP contribution is 2.42. The number of hydrogen-bond donors (Lipinski definition) is 0. The van der Waals surface area contributed by atoms with Crippen LogP contribution in [-0.2, 0) is 0 Å². The van der Waals surface area contributed by atoms with Gasteiger partial charge < -0.3 is 0 Å². The van der Waals surface area contributed by atoms with Crippen LogP contribution in [0.15, 0.2) is 132 Å². The molecule has 0 N–H and O–H groups in total. The maximum atomic E-state index is 8.73. The van der Waals surface area contributed by atoms with Crippen LogP contribution in [0.1, 0.15) is 20.6 Å². The van der Waals surface area contributed by atoms with E-state index in [1.807, 2.05) is 0 Å². The first-order valence-corrected chi connectivity index (χ1v) is 10.0. The van der Waals surface area contributed by atoms with Crippen LogP contribution in [0.25, 0.3) is 33.4 Å². The summed E-state index contributed by atoms with van der Waals surface area (Å²) in [7, 11) is 0. The van der Waals surface area contributed by atoms with Gasteiger partial charge in [-0.25, -0.2) is 4.72 Å². The first kappa shape index (κ1) is 9.35. The molecule has 0 saturated carbocycles. The Kier molecular flexibility index (Phi) is 2.79. The van der Waals surface area contributed by atoms with Crippen molar-refractivity contribution in [1.29, 1.82) is 0 Å². The van der Waals surface area contributed by atoms with Gasteiger partial charge in [-0.05, 0) is 46.5 Å². The van der Waals surface area contributed by atoms with E-state index < -0.39 is 90.6 Å². The van der Waals surface area contributed by atoms with Crippen molar-refractivity contribution in [2.75, 3.05) is 0 Å². The number of pyridine rings is 1. The van der Waals surface area contributed by atoms with Crippen molar-refractivity contribution in [3.8, 4) is 33.4 Å². The van der Waals surface area contributed by atoms with Crippen molar-refractivity contribution in [2.45, 2.75) is 4.90 Å². The van der Waals surface area contributed by atoms with Gasteiger partial charge in [0.05, 0.1) is 26.2 Å². The van der Waals surface area contributed by atoms with Gasteiger partial charge in [0, 0.05) is 40.4 Å². The van der Waals surface area contributed by atoms with Crippen molar-refractivity contribution < 1.29 is 20.6 Å². The van der Waals surface area contributed by atoms with E-state index in [-0.39, 0.29) is 39.1 Å². The number of benzene rings is 4. The minimum Gasteiger partial charge on any atom is -0.265 e. The fraction of sp³-hybridized carbons (Fsp3) is 0. The number of nitrogens with zero attached hydrogens (tertiary/aromatic N) is 2. The summed E-state index contributed by atoms with van der Waals surface area (Å²) >= 11 is 0.872. The van der Waals surface area contributed by atoms with Crippen LogP contribution in [0.3, 0.4) is 0 Å². The Morgan fingerprint density at radius 3 is 1.56 bits per heavy atom. The summed E-state index contributed by atoms with van der Waals surface area (Å²) in [5, 5.41) is 0. The molecule has 2 nitrogen and oxygen atoms in total. The van der Waals surface area contributed by atoms with Gasteiger partial charge in [0.25, 0.3) is 0 Å². The zero-order chi connectivity index (χ0) is 34.6. The molecule has 0 fully saturated rings. The molecule has 0 spiro atoms. The fourth-order valence-corrected chi connectivity index (χ4v) is 3.56. The number of hydrogen-bond acceptors (Lipinski definition) is 2. The second-order valence-electron chi connectivity index (χ2n) is 6.29. The summed E-state index contributed by atoms with van der Waals surface area (Å²) in [6, 6.07) is -4.20. The van der Waals surface area contributed by atoms with Crippen LogP contribution < -0.4 is 4.72 Å². The molecular weight excluding hydrogens is 408 g/mol. The lowest BCUT2D eigenvalue weighted by Crippen LogP contribution is -1.96. The van der Waals surface area contributed by atoms with E-state index in [4.69, 9.17) is 20.6 Å². The summed E-state index contributed by atoms with van der Waals surface area (Å²) < 4.78 is 131. The van der Waals surface area contributed by atoms with E-state index in [0.717, 1.165) is 11.9 Å². The molecular formula is C29H21N2S. The molecule has 0 atom stereocenters.